The summed E-state index contributed by atoms with van der Waals surface area (Å²) in [5.41, 5.74) is 9.16. The smallest absolute Gasteiger partial charge is 0.202 e. The van der Waals surface area contributed by atoms with Crippen molar-refractivity contribution in [2.24, 2.45) is 13.0 Å². The van der Waals surface area contributed by atoms with Crippen LogP contribution in [0.15, 0.2) is 0 Å². The Bertz CT molecular complexity index is 594. The first-order chi connectivity index (χ1) is 9.70. The third kappa shape index (κ3) is 2.28. The van der Waals surface area contributed by atoms with Crippen LogP contribution in [0.2, 0.25) is 0 Å². The van der Waals surface area contributed by atoms with Gasteiger partial charge in [0.05, 0.1) is 5.69 Å². The van der Waals surface area contributed by atoms with Gasteiger partial charge in [-0.25, -0.2) is 4.98 Å². The third-order valence-corrected chi connectivity index (χ3v) is 4.09. The van der Waals surface area contributed by atoms with Crippen LogP contribution in [0.3, 0.4) is 0 Å². The summed E-state index contributed by atoms with van der Waals surface area (Å²) in [7, 11) is 1.97. The zero-order valence-electron chi connectivity index (χ0n) is 12.3. The lowest BCUT2D eigenvalue weighted by Gasteiger charge is -2.10. The molecule has 6 nitrogen and oxygen atoms in total. The lowest BCUT2D eigenvalue weighted by Crippen LogP contribution is -2.11. The standard InChI is InChI=1S/C14H23N5O/c1-3-4-11-12-13(18(2)17-11)19(14(15)16-12)7-5-10-6-8-20-9-10/h10H,3-9H2,1-2H3,(H2,15,16). The van der Waals surface area contributed by atoms with E-state index in [9.17, 15) is 0 Å². The molecule has 1 atom stereocenters. The fraction of sp³-hybridized carbons (Fsp3) is 0.714. The van der Waals surface area contributed by atoms with Crippen molar-refractivity contribution < 1.29 is 4.74 Å². The van der Waals surface area contributed by atoms with Crippen LogP contribution in [0.1, 0.15) is 31.9 Å². The van der Waals surface area contributed by atoms with E-state index in [-0.39, 0.29) is 0 Å². The monoisotopic (exact) mass is 277 g/mol. The summed E-state index contributed by atoms with van der Waals surface area (Å²) < 4.78 is 9.44. The van der Waals surface area contributed by atoms with Crippen molar-refractivity contribution in [3.63, 3.8) is 0 Å². The molecule has 3 heterocycles. The van der Waals surface area contributed by atoms with Crippen molar-refractivity contribution in [2.75, 3.05) is 18.9 Å². The van der Waals surface area contributed by atoms with Gasteiger partial charge in [-0.05, 0) is 25.2 Å². The molecule has 0 spiro atoms. The summed E-state index contributed by atoms with van der Waals surface area (Å²) in [6.45, 7) is 4.82. The van der Waals surface area contributed by atoms with E-state index in [1.54, 1.807) is 0 Å². The average Bonchev–Trinajstić information content (AvgIpc) is 3.08. The van der Waals surface area contributed by atoms with Gasteiger partial charge in [0.25, 0.3) is 0 Å². The van der Waals surface area contributed by atoms with E-state index in [1.165, 1.54) is 0 Å². The highest BCUT2D eigenvalue weighted by molar-refractivity contribution is 5.77. The van der Waals surface area contributed by atoms with Crippen molar-refractivity contribution in [1.29, 1.82) is 0 Å². The molecule has 0 saturated carbocycles. The second kappa shape index (κ2) is 5.44. The van der Waals surface area contributed by atoms with Gasteiger partial charge in [0.1, 0.15) is 5.52 Å². The van der Waals surface area contributed by atoms with E-state index in [1.807, 2.05) is 11.7 Å². The first-order valence-electron chi connectivity index (χ1n) is 7.46. The van der Waals surface area contributed by atoms with Crippen LogP contribution < -0.4 is 5.73 Å². The zero-order chi connectivity index (χ0) is 14.1. The highest BCUT2D eigenvalue weighted by atomic mass is 16.5. The lowest BCUT2D eigenvalue weighted by molar-refractivity contribution is 0.183. The second-order valence-electron chi connectivity index (χ2n) is 5.63. The quantitative estimate of drug-likeness (QED) is 0.903. The number of imidazole rings is 1. The van der Waals surface area contributed by atoms with Gasteiger partial charge >= 0.3 is 0 Å². The molecule has 1 saturated heterocycles. The van der Waals surface area contributed by atoms with Gasteiger partial charge < -0.3 is 10.5 Å². The van der Waals surface area contributed by atoms with Crippen LogP contribution in [0.5, 0.6) is 0 Å². The Morgan fingerprint density at radius 2 is 2.30 bits per heavy atom. The van der Waals surface area contributed by atoms with Gasteiger partial charge in [-0.1, -0.05) is 13.3 Å². The number of fused-ring (bicyclic) bond motifs is 1. The predicted molar refractivity (Wildman–Crippen MR) is 78.4 cm³/mol. The lowest BCUT2D eigenvalue weighted by atomic mass is 10.1. The second-order valence-corrected chi connectivity index (χ2v) is 5.63. The molecule has 2 aromatic heterocycles. The molecule has 0 bridgehead atoms. The van der Waals surface area contributed by atoms with Crippen molar-refractivity contribution in [3.05, 3.63) is 5.69 Å². The maximum Gasteiger partial charge on any atom is 0.202 e. The number of hydrogen-bond acceptors (Lipinski definition) is 4. The number of nitrogen functional groups attached to an aromatic ring is 1. The van der Waals surface area contributed by atoms with E-state index in [4.69, 9.17) is 10.5 Å². The van der Waals surface area contributed by atoms with Crippen molar-refractivity contribution >= 4 is 17.1 Å². The molecule has 3 rings (SSSR count). The minimum atomic E-state index is 0.601. The van der Waals surface area contributed by atoms with Crippen LogP contribution in [0.4, 0.5) is 5.95 Å². The summed E-state index contributed by atoms with van der Waals surface area (Å²) in [6, 6.07) is 0. The maximum atomic E-state index is 6.10. The maximum absolute atomic E-state index is 6.10. The van der Waals surface area contributed by atoms with Gasteiger partial charge in [-0.3, -0.25) is 9.25 Å². The molecule has 0 aliphatic carbocycles. The van der Waals surface area contributed by atoms with Crippen LogP contribution in [0, 0.1) is 5.92 Å². The highest BCUT2D eigenvalue weighted by Crippen LogP contribution is 2.24. The molecule has 6 heteroatoms. The van der Waals surface area contributed by atoms with E-state index in [2.05, 4.69) is 21.6 Å². The summed E-state index contributed by atoms with van der Waals surface area (Å²) in [6.07, 6.45) is 4.26. The molecule has 0 aromatic carbocycles. The number of aryl methyl sites for hydroxylation is 3. The molecule has 0 amide bonds. The Hall–Kier alpha value is -1.56. The summed E-state index contributed by atoms with van der Waals surface area (Å²) in [5.74, 6) is 1.25. The summed E-state index contributed by atoms with van der Waals surface area (Å²) >= 11 is 0. The predicted octanol–water partition coefficient (Wildman–Crippen LogP) is 1.73. The largest absolute Gasteiger partial charge is 0.381 e. The number of ether oxygens (including phenoxy) is 1. The van der Waals surface area contributed by atoms with Gasteiger partial charge in [0.2, 0.25) is 5.95 Å². The number of rotatable bonds is 5. The van der Waals surface area contributed by atoms with E-state index in [0.717, 1.165) is 62.3 Å². The van der Waals surface area contributed by atoms with E-state index < -0.39 is 0 Å². The SMILES string of the molecule is CCCc1nn(C)c2c1nc(N)n2CCC1CCOC1. The Balaban J connectivity index is 1.87. The summed E-state index contributed by atoms with van der Waals surface area (Å²) in [4.78, 5) is 4.52. The normalized spacial score (nSPS) is 19.2. The van der Waals surface area contributed by atoms with Gasteiger partial charge in [-0.2, -0.15) is 5.10 Å². The molecule has 1 unspecified atom stereocenters. The fourth-order valence-corrected chi connectivity index (χ4v) is 3.01. The van der Waals surface area contributed by atoms with Gasteiger partial charge in [0, 0.05) is 26.8 Å². The number of nitrogens with two attached hydrogens (primary N) is 1. The molecule has 110 valence electrons. The van der Waals surface area contributed by atoms with Crippen molar-refractivity contribution in [3.8, 4) is 0 Å². The molecular formula is C14H23N5O. The van der Waals surface area contributed by atoms with Crippen LogP contribution in [-0.4, -0.2) is 32.5 Å². The number of aromatic nitrogens is 4. The van der Waals surface area contributed by atoms with Crippen LogP contribution in [-0.2, 0) is 24.8 Å². The fourth-order valence-electron chi connectivity index (χ4n) is 3.01. The molecule has 1 fully saturated rings. The Kier molecular flexibility index (Phi) is 3.65. The molecular weight excluding hydrogens is 254 g/mol. The van der Waals surface area contributed by atoms with Gasteiger partial charge in [0.15, 0.2) is 5.65 Å². The van der Waals surface area contributed by atoms with E-state index >= 15 is 0 Å². The minimum Gasteiger partial charge on any atom is -0.381 e. The number of nitrogens with zero attached hydrogens (tertiary/aromatic N) is 4. The molecule has 2 aromatic rings. The molecule has 2 N–H and O–H groups in total. The molecule has 0 radical (unpaired) electrons. The number of hydrogen-bond donors (Lipinski definition) is 1. The summed E-state index contributed by atoms with van der Waals surface area (Å²) in [5, 5.41) is 4.57. The minimum absolute atomic E-state index is 0.601. The Labute approximate surface area is 118 Å². The third-order valence-electron chi connectivity index (χ3n) is 4.09. The first-order valence-corrected chi connectivity index (χ1v) is 7.46. The van der Waals surface area contributed by atoms with E-state index in [0.29, 0.717) is 11.9 Å². The van der Waals surface area contributed by atoms with Crippen LogP contribution in [0.25, 0.3) is 11.2 Å². The van der Waals surface area contributed by atoms with Gasteiger partial charge in [-0.15, -0.1) is 0 Å². The molecule has 1 aliphatic rings. The Morgan fingerprint density at radius 1 is 1.45 bits per heavy atom. The van der Waals surface area contributed by atoms with Crippen LogP contribution >= 0.6 is 0 Å². The van der Waals surface area contributed by atoms with Crippen molar-refractivity contribution in [1.82, 2.24) is 19.3 Å². The first kappa shape index (κ1) is 13.4. The molecule has 1 aliphatic heterocycles. The zero-order valence-corrected chi connectivity index (χ0v) is 12.3. The highest BCUT2D eigenvalue weighted by Gasteiger charge is 2.20. The number of anilines is 1. The molecule has 20 heavy (non-hydrogen) atoms. The topological polar surface area (TPSA) is 70.9 Å². The average molecular weight is 277 g/mol. The van der Waals surface area contributed by atoms with Crippen molar-refractivity contribution in [2.45, 2.75) is 39.2 Å². The Morgan fingerprint density at radius 3 is 3.00 bits per heavy atom.